The van der Waals surface area contributed by atoms with Gasteiger partial charge in [0.05, 0.1) is 0 Å². The molecule has 3 N–H and O–H groups in total. The second-order valence-corrected chi connectivity index (χ2v) is 5.08. The molecular weight excluding hydrogens is 180 g/mol. The molecule has 1 saturated heterocycles. The fraction of sp³-hybridized carbons (Fsp3) is 0.800. The van der Waals surface area contributed by atoms with E-state index in [1.165, 1.54) is 24.3 Å². The number of thioether (sulfide) groups is 1. The van der Waals surface area contributed by atoms with Crippen molar-refractivity contribution in [3.8, 4) is 0 Å². The second kappa shape index (κ2) is 5.68. The highest BCUT2D eigenvalue weighted by molar-refractivity contribution is 7.99. The number of rotatable bonds is 4. The molecule has 3 heteroatoms. The molecule has 0 aliphatic carbocycles. The van der Waals surface area contributed by atoms with Gasteiger partial charge in [-0.3, -0.25) is 11.3 Å². The van der Waals surface area contributed by atoms with Gasteiger partial charge in [0, 0.05) is 6.04 Å². The van der Waals surface area contributed by atoms with Crippen LogP contribution in [0.2, 0.25) is 0 Å². The molecular formula is C10H20N2S. The van der Waals surface area contributed by atoms with Crippen LogP contribution in [0.1, 0.15) is 26.2 Å². The van der Waals surface area contributed by atoms with Gasteiger partial charge in [-0.2, -0.15) is 11.8 Å². The summed E-state index contributed by atoms with van der Waals surface area (Å²) in [5.74, 6) is 8.96. The predicted molar refractivity (Wildman–Crippen MR) is 60.6 cm³/mol. The zero-order valence-electron chi connectivity index (χ0n) is 8.38. The summed E-state index contributed by atoms with van der Waals surface area (Å²) in [5, 5.41) is 0. The summed E-state index contributed by atoms with van der Waals surface area (Å²) in [4.78, 5) is 0. The standard InChI is InChI=1S/C10H20N2S/c1-8(2)10(12-11)7-9-3-5-13-6-4-9/h9-10,12H,1,3-7,11H2,2H3. The topological polar surface area (TPSA) is 38.0 Å². The molecule has 0 spiro atoms. The zero-order valence-corrected chi connectivity index (χ0v) is 9.20. The first kappa shape index (κ1) is 11.1. The van der Waals surface area contributed by atoms with Crippen LogP contribution in [0.4, 0.5) is 0 Å². The third-order valence-corrected chi connectivity index (χ3v) is 3.75. The van der Waals surface area contributed by atoms with E-state index in [0.717, 1.165) is 17.9 Å². The predicted octanol–water partition coefficient (Wildman–Crippen LogP) is 1.93. The van der Waals surface area contributed by atoms with Gasteiger partial charge in [-0.1, -0.05) is 12.2 Å². The molecule has 76 valence electrons. The maximum Gasteiger partial charge on any atom is 0.0417 e. The van der Waals surface area contributed by atoms with Crippen LogP contribution >= 0.6 is 11.8 Å². The SMILES string of the molecule is C=C(C)C(CC1CCSCC1)NN. The molecule has 0 amide bonds. The number of nitrogens with one attached hydrogen (secondary N) is 1. The van der Waals surface area contributed by atoms with E-state index in [4.69, 9.17) is 5.84 Å². The Labute approximate surface area is 85.3 Å². The van der Waals surface area contributed by atoms with E-state index in [1.54, 1.807) is 0 Å². The number of hydrazine groups is 1. The fourth-order valence-electron chi connectivity index (χ4n) is 1.73. The maximum atomic E-state index is 5.47. The van der Waals surface area contributed by atoms with Crippen molar-refractivity contribution < 1.29 is 0 Å². The number of hydrogen-bond donors (Lipinski definition) is 2. The fourth-order valence-corrected chi connectivity index (χ4v) is 2.93. The van der Waals surface area contributed by atoms with E-state index in [1.807, 2.05) is 6.92 Å². The molecule has 0 saturated carbocycles. The van der Waals surface area contributed by atoms with Gasteiger partial charge in [-0.15, -0.1) is 0 Å². The van der Waals surface area contributed by atoms with Crippen molar-refractivity contribution >= 4 is 11.8 Å². The molecule has 0 bridgehead atoms. The van der Waals surface area contributed by atoms with Crippen LogP contribution < -0.4 is 11.3 Å². The summed E-state index contributed by atoms with van der Waals surface area (Å²) >= 11 is 2.07. The Bertz CT molecular complexity index is 164. The van der Waals surface area contributed by atoms with Gasteiger partial charge in [0.1, 0.15) is 0 Å². The maximum absolute atomic E-state index is 5.47. The Morgan fingerprint density at radius 3 is 2.69 bits per heavy atom. The highest BCUT2D eigenvalue weighted by Crippen LogP contribution is 2.27. The van der Waals surface area contributed by atoms with Crippen LogP contribution in [0, 0.1) is 5.92 Å². The van der Waals surface area contributed by atoms with E-state index in [9.17, 15) is 0 Å². The Balaban J connectivity index is 2.31. The van der Waals surface area contributed by atoms with E-state index in [2.05, 4.69) is 23.8 Å². The first-order chi connectivity index (χ1) is 6.24. The minimum Gasteiger partial charge on any atom is -0.271 e. The van der Waals surface area contributed by atoms with E-state index >= 15 is 0 Å². The zero-order chi connectivity index (χ0) is 9.68. The molecule has 2 nitrogen and oxygen atoms in total. The highest BCUT2D eigenvalue weighted by Gasteiger charge is 2.18. The molecule has 1 aliphatic rings. The van der Waals surface area contributed by atoms with Gasteiger partial charge in [-0.05, 0) is 43.6 Å². The quantitative estimate of drug-likeness (QED) is 0.414. The van der Waals surface area contributed by atoms with Crippen LogP contribution in [0.25, 0.3) is 0 Å². The van der Waals surface area contributed by atoms with Crippen LogP contribution in [-0.4, -0.2) is 17.5 Å². The van der Waals surface area contributed by atoms with Gasteiger partial charge in [0.2, 0.25) is 0 Å². The molecule has 0 aromatic carbocycles. The van der Waals surface area contributed by atoms with Crippen LogP contribution in [0.3, 0.4) is 0 Å². The lowest BCUT2D eigenvalue weighted by Crippen LogP contribution is -2.37. The average Bonchev–Trinajstić information content (AvgIpc) is 2.15. The molecule has 1 heterocycles. The normalized spacial score (nSPS) is 21.4. The molecule has 0 aromatic heterocycles. The Kier molecular flexibility index (Phi) is 4.84. The van der Waals surface area contributed by atoms with E-state index in [-0.39, 0.29) is 0 Å². The number of nitrogens with two attached hydrogens (primary N) is 1. The lowest BCUT2D eigenvalue weighted by molar-refractivity contribution is 0.394. The minimum atomic E-state index is 0.313. The lowest BCUT2D eigenvalue weighted by Gasteiger charge is -2.26. The molecule has 0 aromatic rings. The summed E-state index contributed by atoms with van der Waals surface area (Å²) in [7, 11) is 0. The van der Waals surface area contributed by atoms with Crippen molar-refractivity contribution in [1.29, 1.82) is 0 Å². The van der Waals surface area contributed by atoms with E-state index in [0.29, 0.717) is 6.04 Å². The first-order valence-corrected chi connectivity index (χ1v) is 6.08. The van der Waals surface area contributed by atoms with Crippen molar-refractivity contribution in [1.82, 2.24) is 5.43 Å². The Morgan fingerprint density at radius 2 is 2.23 bits per heavy atom. The van der Waals surface area contributed by atoms with Crippen LogP contribution in [0.5, 0.6) is 0 Å². The van der Waals surface area contributed by atoms with Gasteiger partial charge < -0.3 is 0 Å². The Hall–Kier alpha value is 0.01000. The molecule has 1 atom stereocenters. The third-order valence-electron chi connectivity index (χ3n) is 2.71. The van der Waals surface area contributed by atoms with E-state index < -0.39 is 0 Å². The third kappa shape index (κ3) is 3.71. The van der Waals surface area contributed by atoms with Crippen LogP contribution in [-0.2, 0) is 0 Å². The molecule has 0 radical (unpaired) electrons. The molecule has 1 fully saturated rings. The summed E-state index contributed by atoms with van der Waals surface area (Å²) < 4.78 is 0. The summed E-state index contributed by atoms with van der Waals surface area (Å²) in [5.41, 5.74) is 4.00. The van der Waals surface area contributed by atoms with Crippen molar-refractivity contribution in [2.45, 2.75) is 32.2 Å². The van der Waals surface area contributed by atoms with Gasteiger partial charge in [0.25, 0.3) is 0 Å². The lowest BCUT2D eigenvalue weighted by atomic mass is 9.92. The summed E-state index contributed by atoms with van der Waals surface area (Å²) in [6, 6.07) is 0.313. The van der Waals surface area contributed by atoms with Gasteiger partial charge in [0.15, 0.2) is 0 Å². The number of hydrogen-bond acceptors (Lipinski definition) is 3. The monoisotopic (exact) mass is 200 g/mol. The molecule has 1 unspecified atom stereocenters. The highest BCUT2D eigenvalue weighted by atomic mass is 32.2. The second-order valence-electron chi connectivity index (χ2n) is 3.86. The molecule has 13 heavy (non-hydrogen) atoms. The van der Waals surface area contributed by atoms with Crippen molar-refractivity contribution in [2.24, 2.45) is 11.8 Å². The largest absolute Gasteiger partial charge is 0.271 e. The molecule has 1 rings (SSSR count). The van der Waals surface area contributed by atoms with Crippen molar-refractivity contribution in [3.63, 3.8) is 0 Å². The average molecular weight is 200 g/mol. The first-order valence-electron chi connectivity index (χ1n) is 4.93. The van der Waals surface area contributed by atoms with Gasteiger partial charge >= 0.3 is 0 Å². The summed E-state index contributed by atoms with van der Waals surface area (Å²) in [6.45, 7) is 5.99. The van der Waals surface area contributed by atoms with Crippen molar-refractivity contribution in [3.05, 3.63) is 12.2 Å². The van der Waals surface area contributed by atoms with Gasteiger partial charge in [-0.25, -0.2) is 0 Å². The van der Waals surface area contributed by atoms with Crippen molar-refractivity contribution in [2.75, 3.05) is 11.5 Å². The summed E-state index contributed by atoms with van der Waals surface area (Å²) in [6.07, 6.45) is 3.85. The smallest absolute Gasteiger partial charge is 0.0417 e. The minimum absolute atomic E-state index is 0.313. The van der Waals surface area contributed by atoms with Crippen LogP contribution in [0.15, 0.2) is 12.2 Å². The Morgan fingerprint density at radius 1 is 1.62 bits per heavy atom. The molecule has 1 aliphatic heterocycles.